The summed E-state index contributed by atoms with van der Waals surface area (Å²) in [5, 5.41) is 39.8. The fourth-order valence-electron chi connectivity index (χ4n) is 8.44. The van der Waals surface area contributed by atoms with E-state index in [1.54, 1.807) is 19.1 Å². The number of nitrogens with one attached hydrogen (secondary N) is 2. The van der Waals surface area contributed by atoms with E-state index in [1.165, 1.54) is 6.42 Å². The molecule has 2 bridgehead atoms. The predicted octanol–water partition coefficient (Wildman–Crippen LogP) is 5.36. The molecule has 10 heteroatoms. The Bertz CT molecular complexity index is 1400. The third kappa shape index (κ3) is 11.0. The van der Waals surface area contributed by atoms with Crippen LogP contribution < -0.4 is 15.4 Å². The van der Waals surface area contributed by atoms with Gasteiger partial charge in [0.1, 0.15) is 24.6 Å². The van der Waals surface area contributed by atoms with Gasteiger partial charge >= 0.3 is 0 Å². The Morgan fingerprint density at radius 1 is 1.06 bits per heavy atom. The molecule has 51 heavy (non-hydrogen) atoms. The lowest BCUT2D eigenvalue weighted by Crippen LogP contribution is -2.61. The topological polar surface area (TPSA) is 127 Å². The molecule has 286 valence electrons. The normalized spacial score (nSPS) is 23.5. The monoisotopic (exact) mass is 710 g/mol. The Morgan fingerprint density at radius 3 is 2.39 bits per heavy atom. The summed E-state index contributed by atoms with van der Waals surface area (Å²) in [6.45, 7) is 13.8. The van der Waals surface area contributed by atoms with Crippen molar-refractivity contribution in [2.75, 3.05) is 40.9 Å². The predicted molar refractivity (Wildman–Crippen MR) is 203 cm³/mol. The second-order valence-electron chi connectivity index (χ2n) is 16.5. The van der Waals surface area contributed by atoms with Crippen molar-refractivity contribution in [3.05, 3.63) is 53.6 Å². The largest absolute Gasteiger partial charge is 0.496 e. The maximum absolute atomic E-state index is 13.6. The number of hydroxylamine groups is 2. The molecule has 3 aliphatic carbocycles. The number of aliphatic hydroxyl groups excluding tert-OH is 3. The molecule has 0 radical (unpaired) electrons. The minimum absolute atomic E-state index is 0.0374. The van der Waals surface area contributed by atoms with E-state index in [1.807, 2.05) is 42.5 Å². The van der Waals surface area contributed by atoms with E-state index in [0.29, 0.717) is 34.8 Å². The van der Waals surface area contributed by atoms with E-state index in [2.05, 4.69) is 64.2 Å². The van der Waals surface area contributed by atoms with Crippen molar-refractivity contribution in [1.29, 1.82) is 0 Å². The van der Waals surface area contributed by atoms with Gasteiger partial charge < -0.3 is 30.3 Å². The van der Waals surface area contributed by atoms with Crippen molar-refractivity contribution < 1.29 is 29.7 Å². The number of benzene rings is 2. The van der Waals surface area contributed by atoms with E-state index in [4.69, 9.17) is 9.57 Å². The lowest BCUT2D eigenvalue weighted by Gasteiger charge is -2.62. The summed E-state index contributed by atoms with van der Waals surface area (Å²) in [5.74, 6) is 2.61. The fourth-order valence-corrected chi connectivity index (χ4v) is 8.44. The zero-order valence-corrected chi connectivity index (χ0v) is 32.6. The summed E-state index contributed by atoms with van der Waals surface area (Å²) in [7, 11) is 5.76. The van der Waals surface area contributed by atoms with Crippen molar-refractivity contribution in [2.45, 2.75) is 111 Å². The zero-order chi connectivity index (χ0) is 37.5. The van der Waals surface area contributed by atoms with E-state index in [0.717, 1.165) is 48.1 Å². The minimum atomic E-state index is -0.833. The van der Waals surface area contributed by atoms with Crippen LogP contribution in [0.5, 0.6) is 5.75 Å². The molecule has 3 aliphatic rings. The zero-order valence-electron chi connectivity index (χ0n) is 32.6. The van der Waals surface area contributed by atoms with E-state index < -0.39 is 18.4 Å². The highest BCUT2D eigenvalue weighted by Gasteiger charge is 2.56. The number of para-hydroxylation sites is 1. The highest BCUT2D eigenvalue weighted by Crippen LogP contribution is 2.61. The second kappa shape index (κ2) is 18.5. The van der Waals surface area contributed by atoms with Gasteiger partial charge in [-0.15, -0.1) is 0 Å². The molecule has 0 aromatic heterocycles. The van der Waals surface area contributed by atoms with Crippen molar-refractivity contribution in [1.82, 2.24) is 20.6 Å². The fraction of sp³-hybridized carbons (Fsp3) is 0.683. The van der Waals surface area contributed by atoms with Crippen molar-refractivity contribution in [3.8, 4) is 16.9 Å². The van der Waals surface area contributed by atoms with Gasteiger partial charge in [0.2, 0.25) is 5.91 Å². The number of hydrogen-bond donors (Lipinski definition) is 5. The Morgan fingerprint density at radius 2 is 1.78 bits per heavy atom. The van der Waals surface area contributed by atoms with Crippen LogP contribution in [0, 0.1) is 29.1 Å². The molecule has 5 N–H and O–H groups in total. The van der Waals surface area contributed by atoms with Crippen molar-refractivity contribution in [3.63, 3.8) is 0 Å². The Hall–Kier alpha value is -2.57. The van der Waals surface area contributed by atoms with Gasteiger partial charge in [-0.2, -0.15) is 5.06 Å². The molecule has 0 spiro atoms. The van der Waals surface area contributed by atoms with Gasteiger partial charge in [-0.05, 0) is 99.5 Å². The lowest BCUT2D eigenvalue weighted by atomic mass is 9.45. The molecule has 3 fully saturated rings. The second-order valence-corrected chi connectivity index (χ2v) is 16.5. The first kappa shape index (κ1) is 41.2. The van der Waals surface area contributed by atoms with Gasteiger partial charge in [0.05, 0.1) is 26.4 Å². The maximum Gasteiger partial charge on any atom is 0.236 e. The molecule has 5 rings (SSSR count). The molecule has 3 saturated carbocycles. The number of fused-ring (bicyclic) bond motifs is 2. The van der Waals surface area contributed by atoms with Gasteiger partial charge in [-0.1, -0.05) is 71.0 Å². The number of methoxy groups -OCH3 is 1. The van der Waals surface area contributed by atoms with Crippen LogP contribution in [0.25, 0.3) is 11.1 Å². The molecule has 10 nitrogen and oxygen atoms in total. The molecular formula is C41H66N4O6. The third-order valence-corrected chi connectivity index (χ3v) is 11.4. The molecule has 1 unspecified atom stereocenters. The van der Waals surface area contributed by atoms with Crippen LogP contribution in [0.4, 0.5) is 0 Å². The number of carbonyl (C=O) groups is 1. The number of carbonyl (C=O) groups excluding carboxylic acids is 1. The molecule has 8 atom stereocenters. The number of amides is 1. The van der Waals surface area contributed by atoms with Crippen LogP contribution in [0.1, 0.15) is 91.0 Å². The van der Waals surface area contributed by atoms with E-state index >= 15 is 0 Å². The van der Waals surface area contributed by atoms with Crippen molar-refractivity contribution >= 4 is 5.91 Å². The quantitative estimate of drug-likeness (QED) is 0.0912. The van der Waals surface area contributed by atoms with Crippen LogP contribution in [0.3, 0.4) is 0 Å². The van der Waals surface area contributed by atoms with E-state index in [9.17, 15) is 20.1 Å². The summed E-state index contributed by atoms with van der Waals surface area (Å²) in [4.78, 5) is 22.0. The van der Waals surface area contributed by atoms with Crippen LogP contribution in [0.15, 0.2) is 42.5 Å². The van der Waals surface area contributed by atoms with Gasteiger partial charge in [-0.3, -0.25) is 14.9 Å². The van der Waals surface area contributed by atoms with Crippen LogP contribution in [-0.4, -0.2) is 96.4 Å². The SMILES string of the molecule is COc1c(CN(CC(=O)N[C@H]2C[C@H]3C[C@@H]([C@@H]2C)C3(C)C)O[C@@H](CO)C[C@H](C)O)cccc1-c1cccc(C(O)N[C@H](CCN(C)C)CC(C)C)c1. The van der Waals surface area contributed by atoms with Crippen molar-refractivity contribution in [2.24, 2.45) is 29.1 Å². The molecule has 0 heterocycles. The highest BCUT2D eigenvalue weighted by molar-refractivity contribution is 5.78. The summed E-state index contributed by atoms with van der Waals surface area (Å²) in [6, 6.07) is 14.0. The number of aliphatic hydroxyl groups is 3. The minimum Gasteiger partial charge on any atom is -0.496 e. The Kier molecular flexibility index (Phi) is 14.9. The summed E-state index contributed by atoms with van der Waals surface area (Å²) in [5.41, 5.74) is 3.63. The molecular weight excluding hydrogens is 644 g/mol. The highest BCUT2D eigenvalue weighted by atomic mass is 16.7. The maximum atomic E-state index is 13.6. The van der Waals surface area contributed by atoms with Gasteiger partial charge in [0, 0.05) is 29.6 Å². The average Bonchev–Trinajstić information content (AvgIpc) is 3.06. The number of nitrogens with zero attached hydrogens (tertiary/aromatic N) is 2. The summed E-state index contributed by atoms with van der Waals surface area (Å²) >= 11 is 0. The molecule has 1 amide bonds. The first-order chi connectivity index (χ1) is 24.1. The number of ether oxygens (including phenoxy) is 1. The van der Waals surface area contributed by atoms with Crippen LogP contribution in [0.2, 0.25) is 0 Å². The summed E-state index contributed by atoms with van der Waals surface area (Å²) in [6.07, 6.45) is 2.13. The Balaban J connectivity index is 1.54. The molecule has 0 aliphatic heterocycles. The molecule has 0 saturated heterocycles. The summed E-state index contributed by atoms with van der Waals surface area (Å²) < 4.78 is 6.01. The third-order valence-electron chi connectivity index (χ3n) is 11.4. The number of hydrogen-bond acceptors (Lipinski definition) is 9. The molecule has 2 aromatic carbocycles. The van der Waals surface area contributed by atoms with Gasteiger partial charge in [-0.25, -0.2) is 0 Å². The van der Waals surface area contributed by atoms with Crippen LogP contribution in [-0.2, 0) is 16.2 Å². The lowest BCUT2D eigenvalue weighted by molar-refractivity contribution is -0.219. The smallest absolute Gasteiger partial charge is 0.236 e. The standard InChI is InChI=1S/C41H66N4O6/c1-26(2)18-33(16-17-44(7)8)42-40(49)30-13-10-12-29(20-30)35-15-11-14-31(39(35)50-9)23-45(51-34(25-46)19-27(3)47)24-38(48)43-37-22-32-21-36(28(37)4)41(32,5)6/h10-15,20,26-28,32-34,36-37,40,42,46-47,49H,16-19,21-25H2,1-9H3,(H,43,48)/t27-,28-,32+,33+,34+,36-,37-,40?/m0/s1. The number of rotatable bonds is 20. The first-order valence-electron chi connectivity index (χ1n) is 19.0. The first-order valence-corrected chi connectivity index (χ1v) is 19.0. The van der Waals surface area contributed by atoms with E-state index in [-0.39, 0.29) is 44.1 Å². The molecule has 2 aromatic rings. The van der Waals surface area contributed by atoms with Gasteiger partial charge in [0.25, 0.3) is 0 Å². The van der Waals surface area contributed by atoms with Crippen LogP contribution >= 0.6 is 0 Å². The Labute approximate surface area is 306 Å². The van der Waals surface area contributed by atoms with Gasteiger partial charge in [0.15, 0.2) is 0 Å². The average molecular weight is 711 g/mol.